The van der Waals surface area contributed by atoms with E-state index >= 15 is 0 Å². The number of hydrogen-bond acceptors (Lipinski definition) is 3. The average Bonchev–Trinajstić information content (AvgIpc) is 2.71. The lowest BCUT2D eigenvalue weighted by Gasteiger charge is -2.14. The first-order chi connectivity index (χ1) is 14.0. The maximum atomic E-state index is 14.2. The van der Waals surface area contributed by atoms with Crippen molar-refractivity contribution in [3.05, 3.63) is 104 Å². The topological polar surface area (TPSA) is 34.9 Å². The van der Waals surface area contributed by atoms with E-state index in [-0.39, 0.29) is 23.7 Å². The molecule has 0 fully saturated rings. The fourth-order valence-electron chi connectivity index (χ4n) is 3.00. The first-order valence-electron chi connectivity index (χ1n) is 8.83. The normalized spacial score (nSPS) is 11.1. The monoisotopic (exact) mass is 444 g/mol. The highest BCUT2D eigenvalue weighted by Crippen LogP contribution is 2.28. The van der Waals surface area contributed by atoms with Crippen LogP contribution in [0.5, 0.6) is 0 Å². The number of hydrogen-bond donors (Lipinski definition) is 0. The Balaban J connectivity index is 1.79. The molecular weight excluding hydrogens is 430 g/mol. The summed E-state index contributed by atoms with van der Waals surface area (Å²) in [5, 5.41) is 1.92. The van der Waals surface area contributed by atoms with Crippen LogP contribution >= 0.6 is 35.0 Å². The Morgan fingerprint density at radius 2 is 1.66 bits per heavy atom. The Kier molecular flexibility index (Phi) is 5.90. The highest BCUT2D eigenvalue weighted by atomic mass is 35.5. The first kappa shape index (κ1) is 20.0. The first-order valence-corrected chi connectivity index (χ1v) is 10.6. The second-order valence-electron chi connectivity index (χ2n) is 6.38. The maximum absolute atomic E-state index is 14.2. The molecule has 1 heterocycles. The van der Waals surface area contributed by atoms with Crippen LogP contribution in [0.1, 0.15) is 11.1 Å². The van der Waals surface area contributed by atoms with Gasteiger partial charge in [0, 0.05) is 21.4 Å². The molecule has 29 heavy (non-hydrogen) atoms. The van der Waals surface area contributed by atoms with E-state index in [9.17, 15) is 9.18 Å². The highest BCUT2D eigenvalue weighted by molar-refractivity contribution is 7.98. The molecule has 0 saturated heterocycles. The summed E-state index contributed by atoms with van der Waals surface area (Å²) in [6.45, 7) is 0.268. The Bertz CT molecular complexity index is 1240. The zero-order valence-corrected chi connectivity index (χ0v) is 17.4. The number of para-hydroxylation sites is 1. The highest BCUT2D eigenvalue weighted by Gasteiger charge is 2.15. The summed E-state index contributed by atoms with van der Waals surface area (Å²) in [5.74, 6) is -0.135. The van der Waals surface area contributed by atoms with Crippen LogP contribution in [0.2, 0.25) is 10.0 Å². The fourth-order valence-corrected chi connectivity index (χ4v) is 4.54. The van der Waals surface area contributed by atoms with Crippen molar-refractivity contribution in [2.24, 2.45) is 0 Å². The lowest BCUT2D eigenvalue weighted by Crippen LogP contribution is -2.24. The van der Waals surface area contributed by atoms with Crippen molar-refractivity contribution in [3.8, 4) is 0 Å². The van der Waals surface area contributed by atoms with E-state index in [1.54, 1.807) is 41.0 Å². The molecule has 3 aromatic carbocycles. The molecule has 0 radical (unpaired) electrons. The molecule has 0 aliphatic heterocycles. The fraction of sp³-hybridized carbons (Fsp3) is 0.0909. The molecular formula is C22H15Cl2FN2OS. The summed E-state index contributed by atoms with van der Waals surface area (Å²) < 4.78 is 15.8. The number of thioether (sulfide) groups is 1. The number of benzene rings is 3. The third-order valence-corrected chi connectivity index (χ3v) is 6.25. The van der Waals surface area contributed by atoms with Crippen LogP contribution in [-0.4, -0.2) is 9.55 Å². The van der Waals surface area contributed by atoms with E-state index in [1.165, 1.54) is 17.8 Å². The third-order valence-electron chi connectivity index (χ3n) is 4.52. The van der Waals surface area contributed by atoms with Gasteiger partial charge in [-0.2, -0.15) is 0 Å². The smallest absolute Gasteiger partial charge is 0.262 e. The molecule has 146 valence electrons. The van der Waals surface area contributed by atoms with Crippen LogP contribution in [0.3, 0.4) is 0 Å². The van der Waals surface area contributed by atoms with Gasteiger partial charge in [-0.1, -0.05) is 71.4 Å². The minimum Gasteiger partial charge on any atom is -0.283 e. The predicted molar refractivity (Wildman–Crippen MR) is 118 cm³/mol. The Morgan fingerprint density at radius 1 is 0.931 bits per heavy atom. The summed E-state index contributed by atoms with van der Waals surface area (Å²) in [4.78, 5) is 17.8. The van der Waals surface area contributed by atoms with E-state index in [2.05, 4.69) is 4.98 Å². The lowest BCUT2D eigenvalue weighted by atomic mass is 10.2. The van der Waals surface area contributed by atoms with E-state index in [0.29, 0.717) is 31.7 Å². The van der Waals surface area contributed by atoms with Crippen molar-refractivity contribution in [3.63, 3.8) is 0 Å². The minimum absolute atomic E-state index is 0.169. The van der Waals surface area contributed by atoms with Crippen molar-refractivity contribution in [1.29, 1.82) is 0 Å². The molecule has 0 unspecified atom stereocenters. The van der Waals surface area contributed by atoms with Crippen LogP contribution in [0, 0.1) is 5.82 Å². The van der Waals surface area contributed by atoms with Gasteiger partial charge in [-0.3, -0.25) is 9.36 Å². The Labute approximate surface area is 181 Å². The molecule has 0 saturated carbocycles. The number of halogens is 3. The van der Waals surface area contributed by atoms with Gasteiger partial charge in [0.1, 0.15) is 5.82 Å². The summed E-state index contributed by atoms with van der Waals surface area (Å²) in [5.41, 5.74) is 1.61. The molecule has 3 nitrogen and oxygen atoms in total. The van der Waals surface area contributed by atoms with E-state index < -0.39 is 0 Å². The van der Waals surface area contributed by atoms with E-state index in [1.807, 2.05) is 24.3 Å². The zero-order valence-electron chi connectivity index (χ0n) is 15.1. The molecule has 0 aliphatic carbocycles. The van der Waals surface area contributed by atoms with Crippen molar-refractivity contribution < 1.29 is 4.39 Å². The van der Waals surface area contributed by atoms with Crippen molar-refractivity contribution in [2.45, 2.75) is 17.5 Å². The molecule has 0 bridgehead atoms. The lowest BCUT2D eigenvalue weighted by molar-refractivity contribution is 0.617. The summed E-state index contributed by atoms with van der Waals surface area (Å²) in [6, 6.07) is 19.1. The number of aromatic nitrogens is 2. The SMILES string of the molecule is O=c1c2ccccc2nc(SCc2c(F)cccc2Cl)n1Cc1ccccc1Cl. The second-order valence-corrected chi connectivity index (χ2v) is 8.14. The quantitative estimate of drug-likeness (QED) is 0.272. The van der Waals surface area contributed by atoms with Crippen molar-refractivity contribution >= 4 is 45.9 Å². The molecule has 4 rings (SSSR count). The molecule has 4 aromatic rings. The summed E-state index contributed by atoms with van der Waals surface area (Å²) in [7, 11) is 0. The third kappa shape index (κ3) is 4.17. The standard InChI is InChI=1S/C22H15Cl2FN2OS/c23-17-8-3-1-6-14(17)12-27-21(28)15-7-2-4-11-20(15)26-22(27)29-13-16-18(24)9-5-10-19(16)25/h1-11H,12-13H2. The van der Waals surface area contributed by atoms with Gasteiger partial charge in [-0.25, -0.2) is 9.37 Å². The minimum atomic E-state index is -0.384. The van der Waals surface area contributed by atoms with E-state index in [0.717, 1.165) is 5.56 Å². The Hall–Kier alpha value is -2.34. The van der Waals surface area contributed by atoms with Crippen molar-refractivity contribution in [1.82, 2.24) is 9.55 Å². The number of rotatable bonds is 5. The van der Waals surface area contributed by atoms with Gasteiger partial charge >= 0.3 is 0 Å². The summed E-state index contributed by atoms with van der Waals surface area (Å²) >= 11 is 13.7. The van der Waals surface area contributed by atoms with Crippen LogP contribution in [0.15, 0.2) is 76.7 Å². The molecule has 7 heteroatoms. The van der Waals surface area contributed by atoms with Gasteiger partial charge < -0.3 is 0 Å². The number of nitrogens with zero attached hydrogens (tertiary/aromatic N) is 2. The van der Waals surface area contributed by atoms with Crippen LogP contribution < -0.4 is 5.56 Å². The molecule has 0 amide bonds. The van der Waals surface area contributed by atoms with Gasteiger partial charge in [0.05, 0.1) is 17.4 Å². The second kappa shape index (κ2) is 8.57. The van der Waals surface area contributed by atoms with Crippen molar-refractivity contribution in [2.75, 3.05) is 0 Å². The average molecular weight is 445 g/mol. The van der Waals surface area contributed by atoms with Gasteiger partial charge in [0.25, 0.3) is 5.56 Å². The summed E-state index contributed by atoms with van der Waals surface area (Å²) in [6.07, 6.45) is 0. The molecule has 0 atom stereocenters. The van der Waals surface area contributed by atoms with Gasteiger partial charge in [0.15, 0.2) is 5.16 Å². The number of fused-ring (bicyclic) bond motifs is 1. The molecule has 0 aliphatic rings. The largest absolute Gasteiger partial charge is 0.283 e. The maximum Gasteiger partial charge on any atom is 0.262 e. The molecule has 0 spiro atoms. The van der Waals surface area contributed by atoms with Gasteiger partial charge in [-0.05, 0) is 35.9 Å². The molecule has 1 aromatic heterocycles. The van der Waals surface area contributed by atoms with Crippen LogP contribution in [0.4, 0.5) is 4.39 Å². The molecule has 0 N–H and O–H groups in total. The van der Waals surface area contributed by atoms with E-state index in [4.69, 9.17) is 23.2 Å². The Morgan fingerprint density at radius 3 is 2.45 bits per heavy atom. The van der Waals surface area contributed by atoms with Gasteiger partial charge in [-0.15, -0.1) is 0 Å². The predicted octanol–water partition coefficient (Wildman–Crippen LogP) is 6.18. The van der Waals surface area contributed by atoms with Crippen LogP contribution in [0.25, 0.3) is 10.9 Å². The van der Waals surface area contributed by atoms with Gasteiger partial charge in [0.2, 0.25) is 0 Å². The van der Waals surface area contributed by atoms with Crippen LogP contribution in [-0.2, 0) is 12.3 Å². The zero-order chi connectivity index (χ0) is 20.4.